The summed E-state index contributed by atoms with van der Waals surface area (Å²) < 4.78 is 13.4. The zero-order valence-corrected chi connectivity index (χ0v) is 10.2. The van der Waals surface area contributed by atoms with Crippen molar-refractivity contribution in [2.45, 2.75) is 13.8 Å². The predicted octanol–water partition coefficient (Wildman–Crippen LogP) is 2.26. The van der Waals surface area contributed by atoms with Gasteiger partial charge in [0.15, 0.2) is 0 Å². The lowest BCUT2D eigenvalue weighted by atomic mass is 10.2. The highest BCUT2D eigenvalue weighted by Gasteiger charge is 2.06. The van der Waals surface area contributed by atoms with Crippen LogP contribution in [0, 0.1) is 19.7 Å². The first-order chi connectivity index (χ1) is 8.60. The van der Waals surface area contributed by atoms with Gasteiger partial charge in [0.2, 0.25) is 5.95 Å². The molecule has 0 unspecified atom stereocenters. The maximum atomic E-state index is 13.4. The van der Waals surface area contributed by atoms with Gasteiger partial charge < -0.3 is 5.32 Å². The molecule has 0 saturated carbocycles. The smallest absolute Gasteiger partial charge is 0.239 e. The summed E-state index contributed by atoms with van der Waals surface area (Å²) in [5.41, 5.74) is 4.34. The van der Waals surface area contributed by atoms with Crippen LogP contribution in [-0.2, 0) is 0 Å². The molecule has 2 aromatic rings. The standard InChI is InChI=1S/C12H14FN5/c1-7-6-11(17-12(15-7)18-14)16-10-5-3-4-9(13)8(10)2/h3-6H,14H2,1-2H3,(H2,15,16,17,18). The van der Waals surface area contributed by atoms with E-state index >= 15 is 0 Å². The third kappa shape index (κ3) is 2.54. The van der Waals surface area contributed by atoms with E-state index < -0.39 is 0 Å². The molecule has 0 atom stereocenters. The summed E-state index contributed by atoms with van der Waals surface area (Å²) in [7, 11) is 0. The molecular weight excluding hydrogens is 233 g/mol. The fourth-order valence-corrected chi connectivity index (χ4v) is 1.58. The molecular formula is C12H14FN5. The fraction of sp³-hybridized carbons (Fsp3) is 0.167. The second kappa shape index (κ2) is 4.97. The molecule has 1 heterocycles. The number of halogens is 1. The SMILES string of the molecule is Cc1cc(Nc2cccc(F)c2C)nc(NN)n1. The minimum atomic E-state index is -0.261. The number of aryl methyl sites for hydroxylation is 1. The molecule has 0 spiro atoms. The van der Waals surface area contributed by atoms with Crippen LogP contribution in [0.3, 0.4) is 0 Å². The molecule has 4 N–H and O–H groups in total. The number of anilines is 3. The molecule has 1 aromatic carbocycles. The summed E-state index contributed by atoms with van der Waals surface area (Å²) in [6, 6.07) is 6.59. The Morgan fingerprint density at radius 2 is 2.00 bits per heavy atom. The third-order valence-electron chi connectivity index (χ3n) is 2.51. The van der Waals surface area contributed by atoms with Crippen LogP contribution in [0.1, 0.15) is 11.3 Å². The van der Waals surface area contributed by atoms with Gasteiger partial charge in [-0.15, -0.1) is 0 Å². The molecule has 6 heteroatoms. The molecule has 0 aliphatic carbocycles. The van der Waals surface area contributed by atoms with Crippen LogP contribution in [-0.4, -0.2) is 9.97 Å². The van der Waals surface area contributed by atoms with Crippen LogP contribution >= 0.6 is 0 Å². The molecule has 0 bridgehead atoms. The second-order valence-electron chi connectivity index (χ2n) is 3.90. The number of nitrogen functional groups attached to an aromatic ring is 1. The monoisotopic (exact) mass is 247 g/mol. The lowest BCUT2D eigenvalue weighted by molar-refractivity contribution is 0.619. The van der Waals surface area contributed by atoms with Crippen molar-refractivity contribution < 1.29 is 4.39 Å². The van der Waals surface area contributed by atoms with Gasteiger partial charge in [-0.05, 0) is 26.0 Å². The second-order valence-corrected chi connectivity index (χ2v) is 3.90. The molecule has 0 amide bonds. The Morgan fingerprint density at radius 3 is 2.72 bits per heavy atom. The Labute approximate surface area is 104 Å². The number of hydrogen-bond donors (Lipinski definition) is 3. The number of hydrogen-bond acceptors (Lipinski definition) is 5. The minimum absolute atomic E-state index is 0.261. The Morgan fingerprint density at radius 1 is 1.22 bits per heavy atom. The number of nitrogens with two attached hydrogens (primary N) is 1. The zero-order valence-electron chi connectivity index (χ0n) is 10.2. The maximum absolute atomic E-state index is 13.4. The largest absolute Gasteiger partial charge is 0.340 e. The van der Waals surface area contributed by atoms with E-state index in [0.717, 1.165) is 5.69 Å². The van der Waals surface area contributed by atoms with Crippen molar-refractivity contribution in [1.82, 2.24) is 9.97 Å². The normalized spacial score (nSPS) is 10.2. The molecule has 0 fully saturated rings. The number of benzene rings is 1. The molecule has 0 radical (unpaired) electrons. The van der Waals surface area contributed by atoms with Crippen molar-refractivity contribution in [3.05, 3.63) is 41.3 Å². The van der Waals surface area contributed by atoms with Crippen molar-refractivity contribution in [3.63, 3.8) is 0 Å². The number of rotatable bonds is 3. The fourth-order valence-electron chi connectivity index (χ4n) is 1.58. The number of aromatic nitrogens is 2. The summed E-state index contributed by atoms with van der Waals surface area (Å²) >= 11 is 0. The highest BCUT2D eigenvalue weighted by atomic mass is 19.1. The maximum Gasteiger partial charge on any atom is 0.239 e. The lowest BCUT2D eigenvalue weighted by Crippen LogP contribution is -2.12. The number of nitrogens with zero attached hydrogens (tertiary/aromatic N) is 2. The predicted molar refractivity (Wildman–Crippen MR) is 69.0 cm³/mol. The van der Waals surface area contributed by atoms with E-state index in [0.29, 0.717) is 23.0 Å². The summed E-state index contributed by atoms with van der Waals surface area (Å²) in [5, 5.41) is 3.04. The van der Waals surface area contributed by atoms with Gasteiger partial charge in [-0.3, -0.25) is 5.43 Å². The average molecular weight is 247 g/mol. The number of nitrogens with one attached hydrogen (secondary N) is 2. The molecule has 1 aromatic heterocycles. The molecule has 0 saturated heterocycles. The number of hydrazine groups is 1. The average Bonchev–Trinajstić information content (AvgIpc) is 2.34. The first kappa shape index (κ1) is 12.3. The molecule has 0 aliphatic rings. The molecule has 5 nitrogen and oxygen atoms in total. The Kier molecular flexibility index (Phi) is 3.38. The molecule has 0 aliphatic heterocycles. The Hall–Kier alpha value is -2.21. The topological polar surface area (TPSA) is 75.9 Å². The van der Waals surface area contributed by atoms with Crippen LogP contribution < -0.4 is 16.6 Å². The van der Waals surface area contributed by atoms with E-state index in [9.17, 15) is 4.39 Å². The first-order valence-electron chi connectivity index (χ1n) is 5.44. The summed E-state index contributed by atoms with van der Waals surface area (Å²) in [5.74, 6) is 5.88. The van der Waals surface area contributed by atoms with Gasteiger partial charge >= 0.3 is 0 Å². The van der Waals surface area contributed by atoms with Crippen LogP contribution in [0.2, 0.25) is 0 Å². The van der Waals surface area contributed by atoms with Gasteiger partial charge in [0.1, 0.15) is 11.6 Å². The minimum Gasteiger partial charge on any atom is -0.340 e. The summed E-state index contributed by atoms with van der Waals surface area (Å²) in [6.07, 6.45) is 0. The van der Waals surface area contributed by atoms with Crippen LogP contribution in [0.5, 0.6) is 0 Å². The van der Waals surface area contributed by atoms with Gasteiger partial charge in [0.25, 0.3) is 0 Å². The van der Waals surface area contributed by atoms with Crippen LogP contribution in [0.4, 0.5) is 21.8 Å². The third-order valence-corrected chi connectivity index (χ3v) is 2.51. The van der Waals surface area contributed by atoms with Crippen molar-refractivity contribution in [1.29, 1.82) is 0 Å². The van der Waals surface area contributed by atoms with Crippen molar-refractivity contribution >= 4 is 17.5 Å². The van der Waals surface area contributed by atoms with Crippen LogP contribution in [0.15, 0.2) is 24.3 Å². The lowest BCUT2D eigenvalue weighted by Gasteiger charge is -2.10. The van der Waals surface area contributed by atoms with Gasteiger partial charge in [-0.2, -0.15) is 4.98 Å². The highest BCUT2D eigenvalue weighted by molar-refractivity contribution is 5.61. The van der Waals surface area contributed by atoms with E-state index in [1.807, 2.05) is 6.92 Å². The highest BCUT2D eigenvalue weighted by Crippen LogP contribution is 2.22. The van der Waals surface area contributed by atoms with E-state index in [4.69, 9.17) is 5.84 Å². The first-order valence-corrected chi connectivity index (χ1v) is 5.44. The summed E-state index contributed by atoms with van der Waals surface area (Å²) in [6.45, 7) is 3.53. The van der Waals surface area contributed by atoms with E-state index in [1.54, 1.807) is 25.1 Å². The molecule has 18 heavy (non-hydrogen) atoms. The quantitative estimate of drug-likeness (QED) is 0.573. The Bertz CT molecular complexity index is 570. The summed E-state index contributed by atoms with van der Waals surface area (Å²) in [4.78, 5) is 8.21. The van der Waals surface area contributed by atoms with E-state index in [2.05, 4.69) is 20.7 Å². The van der Waals surface area contributed by atoms with Gasteiger partial charge in [-0.25, -0.2) is 15.2 Å². The van der Waals surface area contributed by atoms with Crippen molar-refractivity contribution in [2.75, 3.05) is 10.7 Å². The molecule has 94 valence electrons. The molecule has 2 rings (SSSR count). The van der Waals surface area contributed by atoms with E-state index in [-0.39, 0.29) is 5.82 Å². The zero-order chi connectivity index (χ0) is 13.1. The van der Waals surface area contributed by atoms with Gasteiger partial charge in [0.05, 0.1) is 0 Å². The van der Waals surface area contributed by atoms with Crippen LogP contribution in [0.25, 0.3) is 0 Å². The van der Waals surface area contributed by atoms with Gasteiger partial charge in [-0.1, -0.05) is 6.07 Å². The van der Waals surface area contributed by atoms with E-state index in [1.165, 1.54) is 6.07 Å². The Balaban J connectivity index is 2.34. The van der Waals surface area contributed by atoms with Crippen molar-refractivity contribution in [3.8, 4) is 0 Å². The van der Waals surface area contributed by atoms with Gasteiger partial charge in [0, 0.05) is 23.0 Å². The van der Waals surface area contributed by atoms with Crippen molar-refractivity contribution in [2.24, 2.45) is 5.84 Å².